The van der Waals surface area contributed by atoms with Crippen LogP contribution < -0.4 is 5.32 Å². The summed E-state index contributed by atoms with van der Waals surface area (Å²) < 4.78 is 15.3. The zero-order valence-corrected chi connectivity index (χ0v) is 10.8. The molecule has 1 aliphatic carbocycles. The van der Waals surface area contributed by atoms with Gasteiger partial charge in [-0.15, -0.1) is 0 Å². The van der Waals surface area contributed by atoms with Crippen LogP contribution in [0.1, 0.15) is 31.0 Å². The van der Waals surface area contributed by atoms with Crippen LogP contribution in [0.5, 0.6) is 0 Å². The van der Waals surface area contributed by atoms with Gasteiger partial charge in [-0.25, -0.2) is 4.98 Å². The van der Waals surface area contributed by atoms with Crippen molar-refractivity contribution in [1.82, 2.24) is 9.36 Å². The second-order valence-electron chi connectivity index (χ2n) is 4.78. The van der Waals surface area contributed by atoms with Crippen molar-refractivity contribution < 1.29 is 9.47 Å². The molecule has 0 bridgehead atoms. The van der Waals surface area contributed by atoms with Crippen molar-refractivity contribution >= 4 is 16.7 Å². The molecule has 0 radical (unpaired) electrons. The molecule has 5 nitrogen and oxygen atoms in total. The molecule has 0 spiro atoms. The first-order valence-electron chi connectivity index (χ1n) is 6.02. The summed E-state index contributed by atoms with van der Waals surface area (Å²) >= 11 is 1.44. The minimum Gasteiger partial charge on any atom is -0.378 e. The maximum Gasteiger partial charge on any atom is 0.202 e. The van der Waals surface area contributed by atoms with Gasteiger partial charge in [-0.3, -0.25) is 0 Å². The molecule has 3 rings (SSSR count). The molecule has 1 aliphatic heterocycles. The highest BCUT2D eigenvalue weighted by molar-refractivity contribution is 7.09. The number of rotatable bonds is 5. The summed E-state index contributed by atoms with van der Waals surface area (Å²) in [6.45, 7) is 2.17. The highest BCUT2D eigenvalue weighted by Gasteiger charge is 2.35. The molecule has 0 aromatic carbocycles. The van der Waals surface area contributed by atoms with Crippen molar-refractivity contribution in [2.45, 2.75) is 30.8 Å². The molecule has 1 saturated heterocycles. The van der Waals surface area contributed by atoms with E-state index in [0.717, 1.165) is 30.5 Å². The van der Waals surface area contributed by atoms with Gasteiger partial charge in [-0.2, -0.15) is 4.37 Å². The quantitative estimate of drug-likeness (QED) is 0.866. The summed E-state index contributed by atoms with van der Waals surface area (Å²) in [4.78, 5) is 4.50. The largest absolute Gasteiger partial charge is 0.378 e. The lowest BCUT2D eigenvalue weighted by molar-refractivity contribution is -0.00620. The van der Waals surface area contributed by atoms with Gasteiger partial charge in [0.15, 0.2) is 0 Å². The van der Waals surface area contributed by atoms with Crippen LogP contribution in [-0.4, -0.2) is 41.8 Å². The number of methoxy groups -OCH3 is 1. The third kappa shape index (κ3) is 2.43. The van der Waals surface area contributed by atoms with Crippen LogP contribution in [0, 0.1) is 0 Å². The summed E-state index contributed by atoms with van der Waals surface area (Å²) in [6, 6.07) is 0. The minimum atomic E-state index is -0.189. The number of nitrogens with zero attached hydrogens (tertiary/aromatic N) is 2. The number of aromatic nitrogens is 2. The topological polar surface area (TPSA) is 56.3 Å². The fraction of sp³-hybridized carbons (Fsp3) is 0.818. The molecule has 17 heavy (non-hydrogen) atoms. The predicted octanol–water partition coefficient (Wildman–Crippen LogP) is 1.63. The van der Waals surface area contributed by atoms with E-state index in [1.54, 1.807) is 7.11 Å². The molecule has 1 saturated carbocycles. The van der Waals surface area contributed by atoms with Crippen LogP contribution in [0.15, 0.2) is 0 Å². The molecule has 2 heterocycles. The smallest absolute Gasteiger partial charge is 0.202 e. The lowest BCUT2D eigenvalue weighted by atomic mass is 10.0. The molecule has 6 heteroatoms. The molecule has 0 amide bonds. The number of hydrogen-bond acceptors (Lipinski definition) is 6. The van der Waals surface area contributed by atoms with Crippen LogP contribution in [0.25, 0.3) is 0 Å². The molecule has 1 atom stereocenters. The number of hydrogen-bond donors (Lipinski definition) is 1. The second-order valence-corrected chi connectivity index (χ2v) is 5.53. The Morgan fingerprint density at radius 2 is 2.47 bits per heavy atom. The van der Waals surface area contributed by atoms with Gasteiger partial charge in [-0.1, -0.05) is 0 Å². The zero-order valence-electron chi connectivity index (χ0n) is 9.94. The SMILES string of the molecule is COC1(CNc2nc(C3CC3)ns2)CCOC1. The number of nitrogens with one attached hydrogen (secondary N) is 1. The summed E-state index contributed by atoms with van der Waals surface area (Å²) in [6.07, 6.45) is 3.42. The Morgan fingerprint density at radius 1 is 1.59 bits per heavy atom. The van der Waals surface area contributed by atoms with Crippen molar-refractivity contribution in [3.8, 4) is 0 Å². The van der Waals surface area contributed by atoms with Gasteiger partial charge in [0.1, 0.15) is 11.4 Å². The van der Waals surface area contributed by atoms with Gasteiger partial charge in [0.25, 0.3) is 0 Å². The fourth-order valence-corrected chi connectivity index (χ4v) is 2.65. The Balaban J connectivity index is 1.58. The molecule has 1 aromatic heterocycles. The Kier molecular flexibility index (Phi) is 3.02. The maximum atomic E-state index is 5.56. The van der Waals surface area contributed by atoms with Crippen LogP contribution in [0.3, 0.4) is 0 Å². The molecule has 2 aliphatic rings. The Hall–Kier alpha value is -0.720. The molecular formula is C11H17N3O2S. The van der Waals surface area contributed by atoms with E-state index in [1.165, 1.54) is 24.4 Å². The second kappa shape index (κ2) is 4.51. The lowest BCUT2D eigenvalue weighted by Crippen LogP contribution is -2.39. The Morgan fingerprint density at radius 3 is 3.12 bits per heavy atom. The van der Waals surface area contributed by atoms with E-state index >= 15 is 0 Å². The van der Waals surface area contributed by atoms with Gasteiger partial charge >= 0.3 is 0 Å². The Bertz CT molecular complexity index is 386. The van der Waals surface area contributed by atoms with Crippen molar-refractivity contribution in [2.75, 3.05) is 32.2 Å². The predicted molar refractivity (Wildman–Crippen MR) is 65.5 cm³/mol. The van der Waals surface area contributed by atoms with Crippen molar-refractivity contribution in [3.05, 3.63) is 5.82 Å². The van der Waals surface area contributed by atoms with E-state index in [9.17, 15) is 0 Å². The zero-order chi connectivity index (χ0) is 11.7. The van der Waals surface area contributed by atoms with E-state index in [1.807, 2.05) is 0 Å². The molecule has 1 aromatic rings. The van der Waals surface area contributed by atoms with Crippen molar-refractivity contribution in [3.63, 3.8) is 0 Å². The van der Waals surface area contributed by atoms with Gasteiger partial charge in [0.05, 0.1) is 6.61 Å². The highest BCUT2D eigenvalue weighted by Crippen LogP contribution is 2.39. The lowest BCUT2D eigenvalue weighted by Gasteiger charge is -2.25. The van der Waals surface area contributed by atoms with E-state index in [-0.39, 0.29) is 5.60 Å². The molecule has 1 unspecified atom stereocenters. The maximum absolute atomic E-state index is 5.56. The van der Waals surface area contributed by atoms with E-state index < -0.39 is 0 Å². The number of ether oxygens (including phenoxy) is 2. The third-order valence-corrected chi connectivity index (χ3v) is 4.13. The average molecular weight is 255 g/mol. The van der Waals surface area contributed by atoms with Crippen molar-refractivity contribution in [2.24, 2.45) is 0 Å². The first kappa shape index (κ1) is 11.4. The van der Waals surface area contributed by atoms with Crippen LogP contribution in [0.2, 0.25) is 0 Å². The molecule has 2 fully saturated rings. The standard InChI is InChI=1S/C11H17N3O2S/c1-15-11(4-5-16-7-11)6-12-10-13-9(14-17-10)8-2-3-8/h8H,2-7H2,1H3,(H,12,13,14). The van der Waals surface area contributed by atoms with E-state index in [4.69, 9.17) is 9.47 Å². The minimum absolute atomic E-state index is 0.189. The summed E-state index contributed by atoms with van der Waals surface area (Å²) in [5.74, 6) is 1.62. The first-order valence-corrected chi connectivity index (χ1v) is 6.79. The third-order valence-electron chi connectivity index (χ3n) is 3.45. The van der Waals surface area contributed by atoms with Gasteiger partial charge < -0.3 is 14.8 Å². The van der Waals surface area contributed by atoms with Gasteiger partial charge in [0, 0.05) is 44.1 Å². The van der Waals surface area contributed by atoms with E-state index in [2.05, 4.69) is 14.7 Å². The average Bonchev–Trinajstić information content (AvgIpc) is 2.94. The molecule has 1 N–H and O–H groups in total. The van der Waals surface area contributed by atoms with Crippen LogP contribution >= 0.6 is 11.5 Å². The highest BCUT2D eigenvalue weighted by atomic mass is 32.1. The molecular weight excluding hydrogens is 238 g/mol. The van der Waals surface area contributed by atoms with Gasteiger partial charge in [-0.05, 0) is 12.8 Å². The monoisotopic (exact) mass is 255 g/mol. The first-order chi connectivity index (χ1) is 8.31. The van der Waals surface area contributed by atoms with Crippen molar-refractivity contribution in [1.29, 1.82) is 0 Å². The van der Waals surface area contributed by atoms with E-state index in [0.29, 0.717) is 12.5 Å². The summed E-state index contributed by atoms with van der Waals surface area (Å²) in [5, 5.41) is 4.22. The summed E-state index contributed by atoms with van der Waals surface area (Å²) in [7, 11) is 1.74. The molecule has 94 valence electrons. The normalized spacial score (nSPS) is 28.5. The number of anilines is 1. The Labute approximate surface area is 105 Å². The fourth-order valence-electron chi connectivity index (χ4n) is 2.01. The summed E-state index contributed by atoms with van der Waals surface area (Å²) in [5.41, 5.74) is -0.189. The van der Waals surface area contributed by atoms with Crippen LogP contribution in [0.4, 0.5) is 5.13 Å². The van der Waals surface area contributed by atoms with Gasteiger partial charge in [0.2, 0.25) is 5.13 Å². The van der Waals surface area contributed by atoms with Crippen LogP contribution in [-0.2, 0) is 9.47 Å².